The molecule has 1 unspecified atom stereocenters. The molecule has 5 nitrogen and oxygen atoms in total. The van der Waals surface area contributed by atoms with E-state index >= 15 is 0 Å². The summed E-state index contributed by atoms with van der Waals surface area (Å²) < 4.78 is 27.6. The molecule has 116 valence electrons. The van der Waals surface area contributed by atoms with Gasteiger partial charge in [0.15, 0.2) is 0 Å². The van der Waals surface area contributed by atoms with Crippen LogP contribution < -0.4 is 4.72 Å². The lowest BCUT2D eigenvalue weighted by Gasteiger charge is -2.31. The lowest BCUT2D eigenvalue weighted by Crippen LogP contribution is -2.40. The minimum absolute atomic E-state index is 0.0708. The molecule has 0 amide bonds. The number of hydrogen-bond acceptors (Lipinski definition) is 3. The van der Waals surface area contributed by atoms with Gasteiger partial charge in [0, 0.05) is 11.1 Å². The summed E-state index contributed by atoms with van der Waals surface area (Å²) in [5, 5.41) is 9.22. The van der Waals surface area contributed by atoms with E-state index in [1.54, 1.807) is 0 Å². The molecule has 1 fully saturated rings. The number of carboxylic acids is 1. The number of aromatic carboxylic acids is 1. The van der Waals surface area contributed by atoms with Gasteiger partial charge in [0.25, 0.3) is 0 Å². The molecule has 0 saturated heterocycles. The summed E-state index contributed by atoms with van der Waals surface area (Å²) in [4.78, 5) is 11.1. The first kappa shape index (κ1) is 16.3. The minimum Gasteiger partial charge on any atom is -0.478 e. The van der Waals surface area contributed by atoms with E-state index < -0.39 is 16.0 Å². The Morgan fingerprint density at radius 1 is 1.43 bits per heavy atom. The van der Waals surface area contributed by atoms with E-state index in [-0.39, 0.29) is 27.1 Å². The van der Waals surface area contributed by atoms with Gasteiger partial charge in [-0.2, -0.15) is 0 Å². The Morgan fingerprint density at radius 2 is 2.05 bits per heavy atom. The first-order valence-electron chi connectivity index (χ1n) is 6.78. The molecule has 1 atom stereocenters. The molecule has 0 aromatic heterocycles. The van der Waals surface area contributed by atoms with Gasteiger partial charge in [-0.1, -0.05) is 18.0 Å². The highest BCUT2D eigenvalue weighted by Crippen LogP contribution is 2.31. The Kier molecular flexibility index (Phi) is 4.60. The molecule has 1 aromatic rings. The van der Waals surface area contributed by atoms with Crippen molar-refractivity contribution in [2.75, 3.05) is 0 Å². The third kappa shape index (κ3) is 3.39. The normalized spacial score (nSPS) is 17.3. The molecule has 7 heteroatoms. The Labute approximate surface area is 129 Å². The summed E-state index contributed by atoms with van der Waals surface area (Å²) in [7, 11) is -3.79. The number of hydrogen-bond donors (Lipinski definition) is 2. The summed E-state index contributed by atoms with van der Waals surface area (Å²) in [6.07, 6.45) is 3.15. The van der Waals surface area contributed by atoms with Crippen molar-refractivity contribution in [2.45, 2.75) is 44.0 Å². The van der Waals surface area contributed by atoms with Gasteiger partial charge in [-0.05, 0) is 50.3 Å². The highest BCUT2D eigenvalue weighted by atomic mass is 35.5. The van der Waals surface area contributed by atoms with Crippen LogP contribution in [0.4, 0.5) is 0 Å². The van der Waals surface area contributed by atoms with Crippen LogP contribution in [-0.4, -0.2) is 25.5 Å². The molecule has 0 radical (unpaired) electrons. The Morgan fingerprint density at radius 3 is 2.52 bits per heavy atom. The van der Waals surface area contributed by atoms with Crippen LogP contribution in [0.1, 0.15) is 42.1 Å². The van der Waals surface area contributed by atoms with Crippen molar-refractivity contribution in [1.29, 1.82) is 0 Å². The van der Waals surface area contributed by atoms with E-state index in [1.807, 2.05) is 6.92 Å². The summed E-state index contributed by atoms with van der Waals surface area (Å²) in [5.41, 5.74) is 0.0966. The van der Waals surface area contributed by atoms with Gasteiger partial charge in [-0.15, -0.1) is 0 Å². The van der Waals surface area contributed by atoms with Gasteiger partial charge in [0.2, 0.25) is 10.0 Å². The second-order valence-electron chi connectivity index (χ2n) is 5.48. The number of benzene rings is 1. The zero-order valence-corrected chi connectivity index (χ0v) is 13.5. The largest absolute Gasteiger partial charge is 0.478 e. The van der Waals surface area contributed by atoms with Crippen LogP contribution in [0.2, 0.25) is 5.02 Å². The monoisotopic (exact) mass is 331 g/mol. The minimum atomic E-state index is -3.79. The zero-order valence-electron chi connectivity index (χ0n) is 11.9. The van der Waals surface area contributed by atoms with Crippen molar-refractivity contribution < 1.29 is 18.3 Å². The van der Waals surface area contributed by atoms with Crippen molar-refractivity contribution in [3.8, 4) is 0 Å². The predicted molar refractivity (Wildman–Crippen MR) is 80.3 cm³/mol. The predicted octanol–water partition coefficient (Wildman–Crippen LogP) is 2.81. The molecule has 0 heterocycles. The Balaban J connectivity index is 2.37. The van der Waals surface area contributed by atoms with Crippen molar-refractivity contribution in [3.05, 3.63) is 28.3 Å². The van der Waals surface area contributed by atoms with Crippen LogP contribution in [0.5, 0.6) is 0 Å². The number of sulfonamides is 1. The van der Waals surface area contributed by atoms with Crippen LogP contribution >= 0.6 is 11.6 Å². The third-order valence-electron chi connectivity index (χ3n) is 4.04. The summed E-state index contributed by atoms with van der Waals surface area (Å²) in [5.74, 6) is -0.850. The smallest absolute Gasteiger partial charge is 0.336 e. The second-order valence-corrected chi connectivity index (χ2v) is 7.60. The third-order valence-corrected chi connectivity index (χ3v) is 5.95. The number of carboxylic acid groups (broad SMARTS) is 1. The molecule has 0 bridgehead atoms. The molecule has 1 aliphatic rings. The van der Waals surface area contributed by atoms with Crippen LogP contribution in [0.3, 0.4) is 0 Å². The molecule has 1 saturated carbocycles. The molecule has 0 spiro atoms. The van der Waals surface area contributed by atoms with E-state index in [9.17, 15) is 13.2 Å². The maximum Gasteiger partial charge on any atom is 0.336 e. The number of rotatable bonds is 5. The highest BCUT2D eigenvalue weighted by Gasteiger charge is 2.29. The second kappa shape index (κ2) is 5.94. The molecule has 1 aromatic carbocycles. The topological polar surface area (TPSA) is 83.5 Å². The van der Waals surface area contributed by atoms with Gasteiger partial charge in [0.1, 0.15) is 0 Å². The van der Waals surface area contributed by atoms with Crippen molar-refractivity contribution in [2.24, 2.45) is 5.92 Å². The Hall–Kier alpha value is -1.11. The fourth-order valence-corrected chi connectivity index (χ4v) is 4.39. The molecule has 2 N–H and O–H groups in total. The fraction of sp³-hybridized carbons (Fsp3) is 0.500. The first-order chi connectivity index (χ1) is 9.72. The SMILES string of the molecule is Cc1c(C(=O)O)cc(Cl)cc1S(=O)(=O)NC(C)C1CCC1. The molecule has 2 rings (SSSR count). The standard InChI is InChI=1S/C14H18ClNO4S/c1-8-12(14(17)18)6-11(15)7-13(8)21(19,20)16-9(2)10-4-3-5-10/h6-7,9-10,16H,3-5H2,1-2H3,(H,17,18). The van der Waals surface area contributed by atoms with Crippen LogP contribution in [0.15, 0.2) is 17.0 Å². The van der Waals surface area contributed by atoms with E-state index in [0.717, 1.165) is 19.3 Å². The van der Waals surface area contributed by atoms with Gasteiger partial charge in [-0.3, -0.25) is 0 Å². The van der Waals surface area contributed by atoms with Gasteiger partial charge < -0.3 is 5.11 Å². The maximum atomic E-state index is 12.5. The lowest BCUT2D eigenvalue weighted by atomic mass is 9.81. The lowest BCUT2D eigenvalue weighted by molar-refractivity contribution is 0.0696. The number of halogens is 1. The highest BCUT2D eigenvalue weighted by molar-refractivity contribution is 7.89. The van der Waals surface area contributed by atoms with Crippen LogP contribution in [0, 0.1) is 12.8 Å². The average Bonchev–Trinajstić information content (AvgIpc) is 2.27. The van der Waals surface area contributed by atoms with Crippen LogP contribution in [-0.2, 0) is 10.0 Å². The Bertz CT molecular complexity index is 668. The summed E-state index contributed by atoms with van der Waals surface area (Å²) in [6, 6.07) is 2.38. The van der Waals surface area contributed by atoms with Gasteiger partial charge in [0.05, 0.1) is 10.5 Å². The number of nitrogens with one attached hydrogen (secondary N) is 1. The van der Waals surface area contributed by atoms with Crippen molar-refractivity contribution in [3.63, 3.8) is 0 Å². The van der Waals surface area contributed by atoms with E-state index in [0.29, 0.717) is 5.92 Å². The van der Waals surface area contributed by atoms with E-state index in [2.05, 4.69) is 4.72 Å². The van der Waals surface area contributed by atoms with Gasteiger partial charge >= 0.3 is 5.97 Å². The van der Waals surface area contributed by atoms with Crippen LogP contribution in [0.25, 0.3) is 0 Å². The zero-order chi connectivity index (χ0) is 15.8. The molecule has 21 heavy (non-hydrogen) atoms. The van der Waals surface area contributed by atoms with Gasteiger partial charge in [-0.25, -0.2) is 17.9 Å². The summed E-state index contributed by atoms with van der Waals surface area (Å²) >= 11 is 5.85. The van der Waals surface area contributed by atoms with Crippen molar-refractivity contribution >= 4 is 27.6 Å². The maximum absolute atomic E-state index is 12.5. The quantitative estimate of drug-likeness (QED) is 0.869. The molecular weight excluding hydrogens is 314 g/mol. The average molecular weight is 332 g/mol. The fourth-order valence-electron chi connectivity index (χ4n) is 2.50. The number of carbonyl (C=O) groups is 1. The molecule has 1 aliphatic carbocycles. The first-order valence-corrected chi connectivity index (χ1v) is 8.64. The molecular formula is C14H18ClNO4S. The van der Waals surface area contributed by atoms with E-state index in [4.69, 9.17) is 16.7 Å². The molecule has 0 aliphatic heterocycles. The van der Waals surface area contributed by atoms with E-state index in [1.165, 1.54) is 19.1 Å². The summed E-state index contributed by atoms with van der Waals surface area (Å²) in [6.45, 7) is 3.31. The van der Waals surface area contributed by atoms with Crippen molar-refractivity contribution in [1.82, 2.24) is 4.72 Å².